The van der Waals surface area contributed by atoms with Gasteiger partial charge in [-0.3, -0.25) is 0 Å². The van der Waals surface area contributed by atoms with Crippen molar-refractivity contribution < 1.29 is 0 Å². The molecule has 0 atom stereocenters. The lowest BCUT2D eigenvalue weighted by Crippen LogP contribution is -1.94. The number of anilines is 1. The zero-order valence-corrected chi connectivity index (χ0v) is 13.6. The number of hydrogen-bond acceptors (Lipinski definition) is 1. The molecule has 2 aromatic carbocycles. The molecule has 2 N–H and O–H groups in total. The summed E-state index contributed by atoms with van der Waals surface area (Å²) in [6.45, 7) is 10.4. The molecule has 0 heterocycles. The molecule has 1 nitrogen and oxygen atoms in total. The Hall–Kier alpha value is -2.54. The fraction of sp³-hybridized carbons (Fsp3) is 0.143. The van der Waals surface area contributed by atoms with Crippen LogP contribution in [0.15, 0.2) is 67.3 Å². The molecule has 0 amide bonds. The number of hydrogen-bond donors (Lipinski definition) is 1. The molecule has 0 saturated heterocycles. The highest BCUT2D eigenvalue weighted by molar-refractivity contribution is 6.04. The monoisotopic (exact) mass is 289 g/mol. The van der Waals surface area contributed by atoms with Crippen LogP contribution in [0.2, 0.25) is 0 Å². The van der Waals surface area contributed by atoms with E-state index in [1.165, 1.54) is 5.56 Å². The van der Waals surface area contributed by atoms with Crippen molar-refractivity contribution in [3.8, 4) is 0 Å². The standard InChI is InChI=1S/C21H23N/c1-5-6-7-20(19-12-13-21(22)16(3)14-19)17(4)18-10-8-15(2)9-11-18/h5-14H,4,22H2,1-3H3/b6-5-,20-7+. The Morgan fingerprint density at radius 2 is 1.64 bits per heavy atom. The lowest BCUT2D eigenvalue weighted by Gasteiger charge is -2.13. The van der Waals surface area contributed by atoms with Crippen LogP contribution in [0.1, 0.15) is 29.2 Å². The summed E-state index contributed by atoms with van der Waals surface area (Å²) in [6.07, 6.45) is 6.17. The minimum atomic E-state index is 0.815. The molecule has 2 aromatic rings. The highest BCUT2D eigenvalue weighted by Crippen LogP contribution is 2.31. The Balaban J connectivity index is 2.48. The molecule has 22 heavy (non-hydrogen) atoms. The van der Waals surface area contributed by atoms with E-state index in [2.05, 4.69) is 56.0 Å². The first kappa shape index (κ1) is 15.8. The van der Waals surface area contributed by atoms with Gasteiger partial charge >= 0.3 is 0 Å². The van der Waals surface area contributed by atoms with E-state index in [4.69, 9.17) is 5.73 Å². The number of nitrogen functional groups attached to an aromatic ring is 1. The lowest BCUT2D eigenvalue weighted by atomic mass is 9.91. The summed E-state index contributed by atoms with van der Waals surface area (Å²) >= 11 is 0. The predicted molar refractivity (Wildman–Crippen MR) is 98.6 cm³/mol. The van der Waals surface area contributed by atoms with Crippen LogP contribution < -0.4 is 5.73 Å². The summed E-state index contributed by atoms with van der Waals surface area (Å²) in [7, 11) is 0. The van der Waals surface area contributed by atoms with E-state index in [0.717, 1.165) is 33.5 Å². The molecule has 0 unspecified atom stereocenters. The summed E-state index contributed by atoms with van der Waals surface area (Å²) in [5, 5.41) is 0. The lowest BCUT2D eigenvalue weighted by molar-refractivity contribution is 1.44. The topological polar surface area (TPSA) is 26.0 Å². The van der Waals surface area contributed by atoms with Gasteiger partial charge < -0.3 is 5.73 Å². The van der Waals surface area contributed by atoms with Crippen LogP contribution in [-0.4, -0.2) is 0 Å². The third-order valence-electron chi connectivity index (χ3n) is 3.76. The van der Waals surface area contributed by atoms with Gasteiger partial charge in [-0.05, 0) is 60.7 Å². The minimum Gasteiger partial charge on any atom is -0.399 e. The first-order valence-corrected chi connectivity index (χ1v) is 7.48. The van der Waals surface area contributed by atoms with E-state index in [0.29, 0.717) is 0 Å². The molecule has 0 fully saturated rings. The highest BCUT2D eigenvalue weighted by Gasteiger charge is 2.09. The predicted octanol–water partition coefficient (Wildman–Crippen LogP) is 5.56. The molecule has 0 saturated carbocycles. The van der Waals surface area contributed by atoms with Crippen molar-refractivity contribution in [3.05, 3.63) is 89.5 Å². The Morgan fingerprint density at radius 3 is 2.23 bits per heavy atom. The minimum absolute atomic E-state index is 0.815. The molecule has 112 valence electrons. The third-order valence-corrected chi connectivity index (χ3v) is 3.76. The van der Waals surface area contributed by atoms with Crippen molar-refractivity contribution in [3.63, 3.8) is 0 Å². The molecule has 0 aliphatic carbocycles. The van der Waals surface area contributed by atoms with E-state index >= 15 is 0 Å². The highest BCUT2D eigenvalue weighted by atomic mass is 14.5. The summed E-state index contributed by atoms with van der Waals surface area (Å²) in [4.78, 5) is 0. The van der Waals surface area contributed by atoms with E-state index in [-0.39, 0.29) is 0 Å². The maximum Gasteiger partial charge on any atom is 0.0344 e. The first-order chi connectivity index (χ1) is 10.5. The van der Waals surface area contributed by atoms with Gasteiger partial charge in [-0.25, -0.2) is 0 Å². The van der Waals surface area contributed by atoms with Crippen LogP contribution in [0.5, 0.6) is 0 Å². The summed E-state index contributed by atoms with van der Waals surface area (Å²) in [6, 6.07) is 14.6. The average Bonchev–Trinajstić information content (AvgIpc) is 2.51. The Morgan fingerprint density at radius 1 is 1.00 bits per heavy atom. The van der Waals surface area contributed by atoms with E-state index in [1.807, 2.05) is 32.1 Å². The molecular formula is C21H23N. The second-order valence-electron chi connectivity index (χ2n) is 5.52. The van der Waals surface area contributed by atoms with Crippen molar-refractivity contribution >= 4 is 16.8 Å². The van der Waals surface area contributed by atoms with Crippen LogP contribution in [0.3, 0.4) is 0 Å². The number of rotatable bonds is 4. The third kappa shape index (κ3) is 3.56. The first-order valence-electron chi connectivity index (χ1n) is 7.48. The summed E-state index contributed by atoms with van der Waals surface area (Å²) in [5.41, 5.74) is 13.5. The van der Waals surface area contributed by atoms with E-state index in [1.54, 1.807) is 0 Å². The van der Waals surface area contributed by atoms with Gasteiger partial charge in [0, 0.05) is 5.69 Å². The Bertz CT molecular complexity index is 731. The van der Waals surface area contributed by atoms with Gasteiger partial charge in [0.05, 0.1) is 0 Å². The van der Waals surface area contributed by atoms with E-state index < -0.39 is 0 Å². The number of nitrogens with two attached hydrogens (primary N) is 1. The van der Waals surface area contributed by atoms with Crippen LogP contribution in [0, 0.1) is 13.8 Å². The molecule has 1 heteroatoms. The second kappa shape index (κ2) is 6.95. The molecule has 0 radical (unpaired) electrons. The molecule has 0 aliphatic heterocycles. The number of benzene rings is 2. The van der Waals surface area contributed by atoms with Crippen molar-refractivity contribution in [2.45, 2.75) is 20.8 Å². The summed E-state index contributed by atoms with van der Waals surface area (Å²) < 4.78 is 0. The average molecular weight is 289 g/mol. The number of allylic oxidation sites excluding steroid dienone is 5. The molecule has 0 bridgehead atoms. The van der Waals surface area contributed by atoms with Crippen molar-refractivity contribution in [1.82, 2.24) is 0 Å². The molecule has 0 spiro atoms. The maximum atomic E-state index is 5.94. The Labute approximate surface area is 133 Å². The van der Waals surface area contributed by atoms with Crippen molar-refractivity contribution in [2.75, 3.05) is 5.73 Å². The van der Waals surface area contributed by atoms with Gasteiger partial charge in [0.15, 0.2) is 0 Å². The van der Waals surface area contributed by atoms with Crippen LogP contribution in [0.25, 0.3) is 11.1 Å². The van der Waals surface area contributed by atoms with Gasteiger partial charge in [-0.15, -0.1) is 0 Å². The smallest absolute Gasteiger partial charge is 0.0344 e. The SMILES string of the molecule is C=C(/C(=C\C=C/C)c1ccc(N)c(C)c1)c1ccc(C)cc1. The quantitative estimate of drug-likeness (QED) is 0.579. The molecule has 0 aromatic heterocycles. The van der Waals surface area contributed by atoms with Gasteiger partial charge in [0.25, 0.3) is 0 Å². The van der Waals surface area contributed by atoms with Crippen molar-refractivity contribution in [1.29, 1.82) is 0 Å². The Kier molecular flexibility index (Phi) is 5.00. The molecule has 0 aliphatic rings. The van der Waals surface area contributed by atoms with Gasteiger partial charge in [0.1, 0.15) is 0 Å². The fourth-order valence-electron chi connectivity index (χ4n) is 2.32. The zero-order valence-electron chi connectivity index (χ0n) is 13.6. The second-order valence-corrected chi connectivity index (χ2v) is 5.52. The molecule has 2 rings (SSSR count). The largest absolute Gasteiger partial charge is 0.399 e. The fourth-order valence-corrected chi connectivity index (χ4v) is 2.32. The maximum absolute atomic E-state index is 5.94. The van der Waals surface area contributed by atoms with Gasteiger partial charge in [-0.2, -0.15) is 0 Å². The molecular weight excluding hydrogens is 266 g/mol. The van der Waals surface area contributed by atoms with Crippen molar-refractivity contribution in [2.24, 2.45) is 0 Å². The van der Waals surface area contributed by atoms with E-state index in [9.17, 15) is 0 Å². The van der Waals surface area contributed by atoms with Crippen LogP contribution >= 0.6 is 0 Å². The summed E-state index contributed by atoms with van der Waals surface area (Å²) in [5.74, 6) is 0. The van der Waals surface area contributed by atoms with Gasteiger partial charge in [0.2, 0.25) is 0 Å². The number of aryl methyl sites for hydroxylation is 2. The zero-order chi connectivity index (χ0) is 16.1. The van der Waals surface area contributed by atoms with Crippen LogP contribution in [-0.2, 0) is 0 Å². The van der Waals surface area contributed by atoms with Crippen LogP contribution in [0.4, 0.5) is 5.69 Å². The van der Waals surface area contributed by atoms with Gasteiger partial charge in [-0.1, -0.05) is 60.7 Å². The normalized spacial score (nSPS) is 11.9.